The lowest BCUT2D eigenvalue weighted by Crippen LogP contribution is -2.36. The first kappa shape index (κ1) is 13.4. The Morgan fingerprint density at radius 1 is 1.35 bits per heavy atom. The number of ether oxygens (including phenoxy) is 1. The number of guanidine groups is 1. The molecule has 0 radical (unpaired) electrons. The minimum absolute atomic E-state index is 0.159. The molecule has 0 amide bonds. The first-order chi connectivity index (χ1) is 8.06. The molecular formula is C11H15N3O2S. The highest BCUT2D eigenvalue weighted by Gasteiger charge is 2.41. The summed E-state index contributed by atoms with van der Waals surface area (Å²) in [6, 6.07) is 9.03. The predicted octanol–water partition coefficient (Wildman–Crippen LogP) is 0.649. The van der Waals surface area contributed by atoms with Gasteiger partial charge in [-0.2, -0.15) is 0 Å². The molecule has 1 rings (SSSR count). The smallest absolute Gasteiger partial charge is 0.349 e. The van der Waals surface area contributed by atoms with Gasteiger partial charge < -0.3 is 16.2 Å². The summed E-state index contributed by atoms with van der Waals surface area (Å²) in [4.78, 5) is 14.7. The summed E-state index contributed by atoms with van der Waals surface area (Å²) in [7, 11) is 1.30. The Morgan fingerprint density at radius 3 is 2.35 bits per heavy atom. The molecule has 17 heavy (non-hydrogen) atoms. The van der Waals surface area contributed by atoms with E-state index in [4.69, 9.17) is 16.2 Å². The SMILES string of the molecule is COC(=O)C(N=C(N)N)(SC)c1ccccc1. The number of nitrogens with two attached hydrogens (primary N) is 2. The van der Waals surface area contributed by atoms with Crippen LogP contribution in [0, 0.1) is 0 Å². The fraction of sp³-hybridized carbons (Fsp3) is 0.273. The molecule has 0 spiro atoms. The van der Waals surface area contributed by atoms with Crippen LogP contribution in [-0.2, 0) is 14.4 Å². The molecule has 5 nitrogen and oxygen atoms in total. The van der Waals surface area contributed by atoms with Gasteiger partial charge in [0.25, 0.3) is 0 Å². The summed E-state index contributed by atoms with van der Waals surface area (Å²) in [5, 5.41) is 0. The van der Waals surface area contributed by atoms with Gasteiger partial charge in [0.1, 0.15) is 0 Å². The molecule has 6 heteroatoms. The van der Waals surface area contributed by atoms with Crippen LogP contribution in [0.25, 0.3) is 0 Å². The quantitative estimate of drug-likeness (QED) is 0.467. The van der Waals surface area contributed by atoms with Crippen LogP contribution in [0.3, 0.4) is 0 Å². The van der Waals surface area contributed by atoms with Crippen molar-refractivity contribution < 1.29 is 9.53 Å². The number of benzene rings is 1. The van der Waals surface area contributed by atoms with E-state index in [2.05, 4.69) is 4.99 Å². The molecule has 0 aliphatic rings. The highest BCUT2D eigenvalue weighted by atomic mass is 32.2. The maximum absolute atomic E-state index is 11.9. The molecule has 0 bridgehead atoms. The van der Waals surface area contributed by atoms with Crippen LogP contribution in [0.5, 0.6) is 0 Å². The van der Waals surface area contributed by atoms with Crippen molar-refractivity contribution in [1.82, 2.24) is 0 Å². The Bertz CT molecular complexity index is 418. The average molecular weight is 253 g/mol. The van der Waals surface area contributed by atoms with Gasteiger partial charge in [0.15, 0.2) is 5.96 Å². The van der Waals surface area contributed by atoms with Gasteiger partial charge in [0, 0.05) is 5.56 Å². The molecule has 0 fully saturated rings. The number of hydrogen-bond donors (Lipinski definition) is 2. The largest absolute Gasteiger partial charge is 0.466 e. The Kier molecular flexibility index (Phi) is 4.39. The summed E-state index contributed by atoms with van der Waals surface area (Å²) >= 11 is 1.21. The lowest BCUT2D eigenvalue weighted by Gasteiger charge is -2.25. The summed E-state index contributed by atoms with van der Waals surface area (Å²) in [6.45, 7) is 0. The number of carbonyl (C=O) groups excluding carboxylic acids is 1. The monoisotopic (exact) mass is 253 g/mol. The van der Waals surface area contributed by atoms with Crippen molar-refractivity contribution in [3.05, 3.63) is 35.9 Å². The normalized spacial score (nSPS) is 13.5. The van der Waals surface area contributed by atoms with Crippen molar-refractivity contribution in [2.75, 3.05) is 13.4 Å². The maximum atomic E-state index is 11.9. The Balaban J connectivity index is 3.36. The second-order valence-electron chi connectivity index (χ2n) is 3.24. The molecule has 4 N–H and O–H groups in total. The molecule has 92 valence electrons. The second kappa shape index (κ2) is 5.58. The third-order valence-corrected chi connectivity index (χ3v) is 3.29. The molecule has 1 atom stereocenters. The third-order valence-electron chi connectivity index (χ3n) is 2.21. The highest BCUT2D eigenvalue weighted by molar-refractivity contribution is 8.00. The van der Waals surface area contributed by atoms with Crippen molar-refractivity contribution in [2.45, 2.75) is 4.87 Å². The average Bonchev–Trinajstić information content (AvgIpc) is 2.35. The number of hydrogen-bond acceptors (Lipinski definition) is 4. The Labute approximate surface area is 104 Å². The van der Waals surface area contributed by atoms with E-state index in [1.165, 1.54) is 18.9 Å². The summed E-state index contributed by atoms with van der Waals surface area (Å²) in [5.41, 5.74) is 11.5. The Hall–Kier alpha value is -1.69. The van der Waals surface area contributed by atoms with Crippen molar-refractivity contribution in [1.29, 1.82) is 0 Å². The van der Waals surface area contributed by atoms with Gasteiger partial charge in [-0.1, -0.05) is 30.3 Å². The van der Waals surface area contributed by atoms with Crippen LogP contribution in [0.4, 0.5) is 0 Å². The Morgan fingerprint density at radius 2 is 1.94 bits per heavy atom. The number of methoxy groups -OCH3 is 1. The van der Waals surface area contributed by atoms with Gasteiger partial charge in [0.2, 0.25) is 4.87 Å². The van der Waals surface area contributed by atoms with Gasteiger partial charge in [-0.3, -0.25) is 0 Å². The van der Waals surface area contributed by atoms with E-state index >= 15 is 0 Å². The van der Waals surface area contributed by atoms with E-state index in [1.807, 2.05) is 18.2 Å². The molecular weight excluding hydrogens is 238 g/mol. The number of carbonyl (C=O) groups is 1. The number of esters is 1. The molecule has 0 saturated carbocycles. The fourth-order valence-electron chi connectivity index (χ4n) is 1.46. The zero-order chi connectivity index (χ0) is 12.9. The number of rotatable bonds is 4. The number of thioether (sulfide) groups is 1. The van der Waals surface area contributed by atoms with Crippen LogP contribution < -0.4 is 11.5 Å². The van der Waals surface area contributed by atoms with Crippen molar-refractivity contribution in [3.63, 3.8) is 0 Å². The van der Waals surface area contributed by atoms with Crippen LogP contribution in [-0.4, -0.2) is 25.3 Å². The van der Waals surface area contributed by atoms with Crippen molar-refractivity contribution in [2.24, 2.45) is 16.5 Å². The van der Waals surface area contributed by atoms with Gasteiger partial charge in [-0.25, -0.2) is 9.79 Å². The summed E-state index contributed by atoms with van der Waals surface area (Å²) < 4.78 is 4.78. The maximum Gasteiger partial charge on any atom is 0.349 e. The van der Waals surface area contributed by atoms with Gasteiger partial charge in [-0.05, 0) is 6.26 Å². The zero-order valence-corrected chi connectivity index (χ0v) is 10.5. The van der Waals surface area contributed by atoms with E-state index in [9.17, 15) is 4.79 Å². The van der Waals surface area contributed by atoms with E-state index in [0.717, 1.165) is 0 Å². The zero-order valence-electron chi connectivity index (χ0n) is 9.71. The number of nitrogens with zero attached hydrogens (tertiary/aromatic N) is 1. The van der Waals surface area contributed by atoms with E-state index < -0.39 is 10.8 Å². The van der Waals surface area contributed by atoms with E-state index in [-0.39, 0.29) is 5.96 Å². The third kappa shape index (κ3) is 2.71. The molecule has 0 aliphatic carbocycles. The summed E-state index contributed by atoms with van der Waals surface area (Å²) in [5.74, 6) is -0.668. The molecule has 0 heterocycles. The minimum atomic E-state index is -1.24. The first-order valence-corrected chi connectivity index (χ1v) is 6.09. The van der Waals surface area contributed by atoms with Crippen LogP contribution in [0.15, 0.2) is 35.3 Å². The molecule has 0 aromatic heterocycles. The van der Waals surface area contributed by atoms with E-state index in [0.29, 0.717) is 5.56 Å². The standard InChI is InChI=1S/C11H15N3O2S/c1-16-9(15)11(17-2,14-10(12)13)8-6-4-3-5-7-8/h3-7H,1-2H3,(H4,12,13,14). The van der Waals surface area contributed by atoms with Gasteiger partial charge in [-0.15, -0.1) is 11.8 Å². The lowest BCUT2D eigenvalue weighted by molar-refractivity contribution is -0.143. The minimum Gasteiger partial charge on any atom is -0.466 e. The van der Waals surface area contributed by atoms with Crippen LogP contribution in [0.2, 0.25) is 0 Å². The van der Waals surface area contributed by atoms with Gasteiger partial charge in [0.05, 0.1) is 7.11 Å². The molecule has 0 saturated heterocycles. The van der Waals surface area contributed by atoms with Crippen molar-refractivity contribution >= 4 is 23.7 Å². The lowest BCUT2D eigenvalue weighted by atomic mass is 10.1. The van der Waals surface area contributed by atoms with Crippen LogP contribution in [0.1, 0.15) is 5.56 Å². The van der Waals surface area contributed by atoms with Gasteiger partial charge >= 0.3 is 5.97 Å². The van der Waals surface area contributed by atoms with Crippen LogP contribution >= 0.6 is 11.8 Å². The molecule has 0 aliphatic heterocycles. The van der Waals surface area contributed by atoms with Crippen molar-refractivity contribution in [3.8, 4) is 0 Å². The molecule has 1 unspecified atom stereocenters. The molecule has 1 aromatic rings. The summed E-state index contributed by atoms with van der Waals surface area (Å²) in [6.07, 6.45) is 1.75. The predicted molar refractivity (Wildman–Crippen MR) is 69.5 cm³/mol. The molecule has 1 aromatic carbocycles. The highest BCUT2D eigenvalue weighted by Crippen LogP contribution is 2.37. The fourth-order valence-corrected chi connectivity index (χ4v) is 2.28. The first-order valence-electron chi connectivity index (χ1n) is 4.86. The second-order valence-corrected chi connectivity index (χ2v) is 4.24. The van der Waals surface area contributed by atoms with E-state index in [1.54, 1.807) is 18.4 Å². The topological polar surface area (TPSA) is 90.7 Å². The number of aliphatic imine (C=N–C) groups is 1.